The van der Waals surface area contributed by atoms with Crippen LogP contribution in [0.5, 0.6) is 0 Å². The molecule has 4 unspecified atom stereocenters. The van der Waals surface area contributed by atoms with Crippen LogP contribution in [0.2, 0.25) is 0 Å². The fraction of sp³-hybridized carbons (Fsp3) is 0.667. The molecule has 5 nitrogen and oxygen atoms in total. The third-order valence-corrected chi connectivity index (χ3v) is 5.76. The van der Waals surface area contributed by atoms with Crippen LogP contribution >= 0.6 is 12.4 Å². The third-order valence-electron chi connectivity index (χ3n) is 5.76. The summed E-state index contributed by atoms with van der Waals surface area (Å²) in [6, 6.07) is 7.89. The minimum Gasteiger partial charge on any atom is -0.379 e. The largest absolute Gasteiger partial charge is 0.379 e. The highest BCUT2D eigenvalue weighted by molar-refractivity contribution is 5.93. The standard InChI is InChI=1S/C21H32N2O3.ClH/c1-2-3-9-25-10-11-26-14-15-5-4-6-18(12-15)23-21(24)19-16-7-8-17(13-16)20(19)22;/h4-6,12,16-17,19-20H,2-3,7-11,13-14,22H2,1H3,(H,23,24);1H. The first-order valence-electron chi connectivity index (χ1n) is 10.00. The van der Waals surface area contributed by atoms with E-state index in [0.29, 0.717) is 31.7 Å². The molecule has 3 N–H and O–H groups in total. The molecule has 1 amide bonds. The van der Waals surface area contributed by atoms with Crippen molar-refractivity contribution >= 4 is 24.0 Å². The number of ether oxygens (including phenoxy) is 2. The number of unbranched alkanes of at least 4 members (excludes halogenated alkanes) is 1. The van der Waals surface area contributed by atoms with Crippen molar-refractivity contribution in [2.45, 2.75) is 51.7 Å². The van der Waals surface area contributed by atoms with Gasteiger partial charge in [0.1, 0.15) is 0 Å². The zero-order valence-corrected chi connectivity index (χ0v) is 17.0. The lowest BCUT2D eigenvalue weighted by molar-refractivity contribution is -0.121. The van der Waals surface area contributed by atoms with Crippen molar-refractivity contribution in [3.63, 3.8) is 0 Å². The Hall–Kier alpha value is -1.14. The van der Waals surface area contributed by atoms with Crippen molar-refractivity contribution in [3.05, 3.63) is 29.8 Å². The Labute approximate surface area is 168 Å². The molecule has 0 heterocycles. The number of carbonyl (C=O) groups excluding carboxylic acids is 1. The molecule has 0 radical (unpaired) electrons. The highest BCUT2D eigenvalue weighted by Crippen LogP contribution is 2.47. The van der Waals surface area contributed by atoms with Crippen molar-refractivity contribution in [1.82, 2.24) is 0 Å². The summed E-state index contributed by atoms with van der Waals surface area (Å²) >= 11 is 0. The van der Waals surface area contributed by atoms with Crippen LogP contribution in [0.15, 0.2) is 24.3 Å². The van der Waals surface area contributed by atoms with Crippen LogP contribution in [0.25, 0.3) is 0 Å². The molecule has 2 aliphatic rings. The van der Waals surface area contributed by atoms with Crippen LogP contribution in [0.4, 0.5) is 5.69 Å². The monoisotopic (exact) mass is 396 g/mol. The molecule has 3 rings (SSSR count). The third kappa shape index (κ3) is 5.92. The van der Waals surface area contributed by atoms with Gasteiger partial charge in [0.2, 0.25) is 5.91 Å². The first-order chi connectivity index (χ1) is 12.7. The predicted octanol–water partition coefficient (Wildman–Crippen LogP) is 3.75. The van der Waals surface area contributed by atoms with E-state index in [9.17, 15) is 4.79 Å². The molecule has 152 valence electrons. The summed E-state index contributed by atoms with van der Waals surface area (Å²) in [5.41, 5.74) is 8.15. The van der Waals surface area contributed by atoms with Gasteiger partial charge in [-0.1, -0.05) is 25.5 Å². The summed E-state index contributed by atoms with van der Waals surface area (Å²) in [7, 11) is 0. The molecule has 2 bridgehead atoms. The fourth-order valence-electron chi connectivity index (χ4n) is 4.35. The van der Waals surface area contributed by atoms with Crippen molar-refractivity contribution < 1.29 is 14.3 Å². The summed E-state index contributed by atoms with van der Waals surface area (Å²) < 4.78 is 11.1. The van der Waals surface area contributed by atoms with Gasteiger partial charge < -0.3 is 20.5 Å². The van der Waals surface area contributed by atoms with E-state index in [1.54, 1.807) is 0 Å². The van der Waals surface area contributed by atoms with Crippen molar-refractivity contribution in [2.75, 3.05) is 25.1 Å². The number of rotatable bonds is 10. The summed E-state index contributed by atoms with van der Waals surface area (Å²) in [4.78, 5) is 12.7. The Morgan fingerprint density at radius 2 is 1.96 bits per heavy atom. The van der Waals surface area contributed by atoms with Gasteiger partial charge in [0.05, 0.1) is 25.7 Å². The van der Waals surface area contributed by atoms with Gasteiger partial charge in [-0.25, -0.2) is 0 Å². The lowest BCUT2D eigenvalue weighted by Gasteiger charge is -2.27. The zero-order chi connectivity index (χ0) is 18.4. The molecule has 1 aromatic carbocycles. The van der Waals surface area contributed by atoms with Crippen LogP contribution in [0.1, 0.15) is 44.6 Å². The Morgan fingerprint density at radius 1 is 1.19 bits per heavy atom. The smallest absolute Gasteiger partial charge is 0.229 e. The second-order valence-electron chi connectivity index (χ2n) is 7.64. The number of fused-ring (bicyclic) bond motifs is 2. The Kier molecular flexibility index (Phi) is 9.03. The topological polar surface area (TPSA) is 73.6 Å². The number of nitrogens with one attached hydrogen (secondary N) is 1. The molecular formula is C21H33ClN2O3. The lowest BCUT2D eigenvalue weighted by atomic mass is 9.84. The number of hydrogen-bond acceptors (Lipinski definition) is 4. The zero-order valence-electron chi connectivity index (χ0n) is 16.2. The van der Waals surface area contributed by atoms with E-state index in [1.807, 2.05) is 24.3 Å². The van der Waals surface area contributed by atoms with Gasteiger partial charge in [-0.15, -0.1) is 12.4 Å². The van der Waals surface area contributed by atoms with Crippen LogP contribution < -0.4 is 11.1 Å². The summed E-state index contributed by atoms with van der Waals surface area (Å²) in [5, 5.41) is 3.07. The van der Waals surface area contributed by atoms with Gasteiger partial charge in [-0.3, -0.25) is 4.79 Å². The predicted molar refractivity (Wildman–Crippen MR) is 110 cm³/mol. The molecule has 2 fully saturated rings. The normalized spacial score (nSPS) is 26.0. The summed E-state index contributed by atoms with van der Waals surface area (Å²) in [6.45, 7) is 4.68. The number of halogens is 1. The Bertz CT molecular complexity index is 597. The summed E-state index contributed by atoms with van der Waals surface area (Å²) in [6.07, 6.45) is 5.68. The minimum atomic E-state index is -0.0334. The lowest BCUT2D eigenvalue weighted by Crippen LogP contribution is -2.42. The number of nitrogens with two attached hydrogens (primary N) is 1. The highest BCUT2D eigenvalue weighted by Gasteiger charge is 2.49. The van der Waals surface area contributed by atoms with E-state index in [-0.39, 0.29) is 30.3 Å². The van der Waals surface area contributed by atoms with Gasteiger partial charge >= 0.3 is 0 Å². The summed E-state index contributed by atoms with van der Waals surface area (Å²) in [5.74, 6) is 1.05. The molecule has 2 saturated carbocycles. The average Bonchev–Trinajstić information content (AvgIpc) is 3.22. The maximum Gasteiger partial charge on any atom is 0.229 e. The molecule has 0 aliphatic heterocycles. The van der Waals surface area contributed by atoms with Gasteiger partial charge in [-0.05, 0) is 55.2 Å². The minimum absolute atomic E-state index is 0. The van der Waals surface area contributed by atoms with E-state index < -0.39 is 0 Å². The van der Waals surface area contributed by atoms with Gasteiger partial charge in [-0.2, -0.15) is 0 Å². The molecule has 0 saturated heterocycles. The number of benzene rings is 1. The number of hydrogen-bond donors (Lipinski definition) is 2. The number of carbonyl (C=O) groups is 1. The van der Waals surface area contributed by atoms with E-state index >= 15 is 0 Å². The molecular weight excluding hydrogens is 364 g/mol. The number of anilines is 1. The molecule has 2 aliphatic carbocycles. The second-order valence-corrected chi connectivity index (χ2v) is 7.64. The first kappa shape index (κ1) is 22.2. The van der Waals surface area contributed by atoms with Crippen molar-refractivity contribution in [1.29, 1.82) is 0 Å². The number of amides is 1. The SMILES string of the molecule is CCCCOCCOCc1cccc(NC(=O)C2C3CCC(C3)C2N)c1.Cl. The molecule has 4 atom stereocenters. The molecule has 0 aromatic heterocycles. The molecule has 27 heavy (non-hydrogen) atoms. The van der Waals surface area contributed by atoms with Crippen molar-refractivity contribution in [2.24, 2.45) is 23.5 Å². The molecule has 6 heteroatoms. The van der Waals surface area contributed by atoms with Crippen LogP contribution in [0, 0.1) is 17.8 Å². The van der Waals surface area contributed by atoms with E-state index in [4.69, 9.17) is 15.2 Å². The van der Waals surface area contributed by atoms with Gasteiger partial charge in [0.25, 0.3) is 0 Å². The average molecular weight is 397 g/mol. The molecule has 0 spiro atoms. The Morgan fingerprint density at radius 3 is 2.70 bits per heavy atom. The fourth-order valence-corrected chi connectivity index (χ4v) is 4.35. The van der Waals surface area contributed by atoms with Crippen molar-refractivity contribution in [3.8, 4) is 0 Å². The highest BCUT2D eigenvalue weighted by atomic mass is 35.5. The van der Waals surface area contributed by atoms with Crippen LogP contribution in [-0.2, 0) is 20.9 Å². The van der Waals surface area contributed by atoms with Crippen LogP contribution in [0.3, 0.4) is 0 Å². The second kappa shape index (κ2) is 11.0. The molecule has 1 aromatic rings. The van der Waals surface area contributed by atoms with Gasteiger partial charge in [0.15, 0.2) is 0 Å². The van der Waals surface area contributed by atoms with E-state index in [2.05, 4.69) is 12.2 Å². The quantitative estimate of drug-likeness (QED) is 0.590. The maximum atomic E-state index is 12.7. The van der Waals surface area contributed by atoms with E-state index in [0.717, 1.165) is 43.5 Å². The Balaban J connectivity index is 0.00000261. The van der Waals surface area contributed by atoms with Gasteiger partial charge in [0, 0.05) is 18.3 Å². The maximum absolute atomic E-state index is 12.7. The first-order valence-corrected chi connectivity index (χ1v) is 10.00. The van der Waals surface area contributed by atoms with E-state index in [1.165, 1.54) is 6.42 Å². The van der Waals surface area contributed by atoms with Crippen LogP contribution in [-0.4, -0.2) is 31.8 Å².